The molecule has 0 saturated heterocycles. The summed E-state index contributed by atoms with van der Waals surface area (Å²) < 4.78 is 0. The molecule has 0 bridgehead atoms. The minimum Gasteiger partial charge on any atom is -0.478 e. The van der Waals surface area contributed by atoms with Crippen molar-refractivity contribution in [3.63, 3.8) is 0 Å². The van der Waals surface area contributed by atoms with Crippen molar-refractivity contribution in [1.82, 2.24) is 0 Å². The second-order valence-corrected chi connectivity index (χ2v) is 4.67. The van der Waals surface area contributed by atoms with Crippen LogP contribution in [0.1, 0.15) is 71.1 Å². The van der Waals surface area contributed by atoms with E-state index < -0.39 is 5.97 Å². The standard InChI is InChI=1S/C16H28O2/c1-2-3-4-5-6-7-8-9-10-11-12-13-14-15-16(17)18/h3-4,14-15H,2,5-13H2,1H3,(H,17,18). The van der Waals surface area contributed by atoms with E-state index in [1.807, 2.05) is 0 Å². The molecule has 104 valence electrons. The van der Waals surface area contributed by atoms with Crippen molar-refractivity contribution in [2.75, 3.05) is 0 Å². The summed E-state index contributed by atoms with van der Waals surface area (Å²) in [6, 6.07) is 0. The molecular weight excluding hydrogens is 224 g/mol. The number of rotatable bonds is 12. The molecule has 18 heavy (non-hydrogen) atoms. The van der Waals surface area contributed by atoms with Crippen LogP contribution in [0.25, 0.3) is 0 Å². The van der Waals surface area contributed by atoms with Crippen molar-refractivity contribution in [3.05, 3.63) is 24.3 Å². The summed E-state index contributed by atoms with van der Waals surface area (Å²) in [5.74, 6) is -0.841. The molecule has 0 heterocycles. The van der Waals surface area contributed by atoms with E-state index in [-0.39, 0.29) is 0 Å². The van der Waals surface area contributed by atoms with E-state index in [4.69, 9.17) is 5.11 Å². The molecule has 0 unspecified atom stereocenters. The Labute approximate surface area is 112 Å². The molecule has 0 aliphatic carbocycles. The zero-order valence-electron chi connectivity index (χ0n) is 11.7. The molecule has 0 atom stereocenters. The first-order valence-corrected chi connectivity index (χ1v) is 7.31. The Balaban J connectivity index is 3.07. The van der Waals surface area contributed by atoms with Gasteiger partial charge in [-0.2, -0.15) is 0 Å². The third-order valence-electron chi connectivity index (χ3n) is 2.90. The lowest BCUT2D eigenvalue weighted by Gasteiger charge is -2.00. The summed E-state index contributed by atoms with van der Waals surface area (Å²) in [6.07, 6.45) is 19.7. The van der Waals surface area contributed by atoms with Gasteiger partial charge in [0.05, 0.1) is 0 Å². The molecule has 0 aromatic heterocycles. The van der Waals surface area contributed by atoms with E-state index in [9.17, 15) is 4.79 Å². The highest BCUT2D eigenvalue weighted by molar-refractivity contribution is 5.79. The molecule has 0 saturated carbocycles. The number of carboxylic acids is 1. The van der Waals surface area contributed by atoms with Gasteiger partial charge in [-0.05, 0) is 32.1 Å². The lowest BCUT2D eigenvalue weighted by molar-refractivity contribution is -0.131. The van der Waals surface area contributed by atoms with Gasteiger partial charge in [0.25, 0.3) is 0 Å². The first-order valence-electron chi connectivity index (χ1n) is 7.31. The van der Waals surface area contributed by atoms with Crippen molar-refractivity contribution >= 4 is 5.97 Å². The molecule has 0 spiro atoms. The van der Waals surface area contributed by atoms with Crippen molar-refractivity contribution in [3.8, 4) is 0 Å². The summed E-state index contributed by atoms with van der Waals surface area (Å²) in [4.78, 5) is 10.2. The summed E-state index contributed by atoms with van der Waals surface area (Å²) in [5, 5.41) is 8.40. The summed E-state index contributed by atoms with van der Waals surface area (Å²) in [6.45, 7) is 2.17. The number of aliphatic carboxylic acids is 1. The van der Waals surface area contributed by atoms with E-state index >= 15 is 0 Å². The van der Waals surface area contributed by atoms with Crippen LogP contribution in [-0.4, -0.2) is 11.1 Å². The van der Waals surface area contributed by atoms with E-state index in [2.05, 4.69) is 19.1 Å². The average molecular weight is 252 g/mol. The second-order valence-electron chi connectivity index (χ2n) is 4.67. The van der Waals surface area contributed by atoms with Gasteiger partial charge in [0.1, 0.15) is 0 Å². The third kappa shape index (κ3) is 14.9. The SMILES string of the molecule is CCC=CCCCCCCCCCC=CC(=O)O. The highest BCUT2D eigenvalue weighted by atomic mass is 16.4. The smallest absolute Gasteiger partial charge is 0.327 e. The van der Waals surface area contributed by atoms with Gasteiger partial charge >= 0.3 is 5.97 Å². The number of carbonyl (C=O) groups is 1. The second kappa shape index (κ2) is 14.0. The maximum absolute atomic E-state index is 10.2. The van der Waals surface area contributed by atoms with Gasteiger partial charge in [-0.15, -0.1) is 0 Å². The van der Waals surface area contributed by atoms with E-state index in [0.29, 0.717) is 0 Å². The molecule has 0 aromatic rings. The minimum atomic E-state index is -0.841. The van der Waals surface area contributed by atoms with Crippen LogP contribution < -0.4 is 0 Å². The first kappa shape index (κ1) is 16.9. The Hall–Kier alpha value is -1.05. The Morgan fingerprint density at radius 3 is 1.83 bits per heavy atom. The molecule has 2 nitrogen and oxygen atoms in total. The largest absolute Gasteiger partial charge is 0.478 e. The van der Waals surface area contributed by atoms with Gasteiger partial charge in [-0.3, -0.25) is 0 Å². The minimum absolute atomic E-state index is 0.841. The Morgan fingerprint density at radius 2 is 1.33 bits per heavy atom. The Kier molecular flexibility index (Phi) is 13.2. The number of carboxylic acid groups (broad SMARTS) is 1. The maximum Gasteiger partial charge on any atom is 0.327 e. The predicted molar refractivity (Wildman–Crippen MR) is 77.8 cm³/mol. The lowest BCUT2D eigenvalue weighted by Crippen LogP contribution is -1.85. The number of allylic oxidation sites excluding steroid dienone is 3. The van der Waals surface area contributed by atoms with Gasteiger partial charge in [-0.25, -0.2) is 4.79 Å². The first-order chi connectivity index (χ1) is 8.77. The van der Waals surface area contributed by atoms with Crippen LogP contribution in [0.15, 0.2) is 24.3 Å². The molecule has 0 aliphatic heterocycles. The monoisotopic (exact) mass is 252 g/mol. The number of unbranched alkanes of at least 4 members (excludes halogenated alkanes) is 8. The summed E-state index contributed by atoms with van der Waals surface area (Å²) >= 11 is 0. The number of hydrogen-bond acceptors (Lipinski definition) is 1. The zero-order chi connectivity index (χ0) is 13.5. The zero-order valence-corrected chi connectivity index (χ0v) is 11.7. The Bertz CT molecular complexity index is 241. The Morgan fingerprint density at radius 1 is 0.833 bits per heavy atom. The van der Waals surface area contributed by atoms with Crippen LogP contribution >= 0.6 is 0 Å². The normalized spacial score (nSPS) is 11.6. The van der Waals surface area contributed by atoms with E-state index in [0.717, 1.165) is 19.3 Å². The molecule has 0 aliphatic rings. The topological polar surface area (TPSA) is 37.3 Å². The molecule has 1 N–H and O–H groups in total. The van der Waals surface area contributed by atoms with Crippen molar-refractivity contribution in [2.45, 2.75) is 71.1 Å². The van der Waals surface area contributed by atoms with E-state index in [1.165, 1.54) is 51.0 Å². The van der Waals surface area contributed by atoms with E-state index in [1.54, 1.807) is 6.08 Å². The molecule has 0 rings (SSSR count). The van der Waals surface area contributed by atoms with Crippen molar-refractivity contribution < 1.29 is 9.90 Å². The van der Waals surface area contributed by atoms with Crippen molar-refractivity contribution in [2.24, 2.45) is 0 Å². The maximum atomic E-state index is 10.2. The average Bonchev–Trinajstić information content (AvgIpc) is 2.34. The van der Waals surface area contributed by atoms with Crippen LogP contribution in [-0.2, 0) is 4.79 Å². The van der Waals surface area contributed by atoms with Crippen LogP contribution in [0.2, 0.25) is 0 Å². The fourth-order valence-electron chi connectivity index (χ4n) is 1.88. The molecule has 0 radical (unpaired) electrons. The van der Waals surface area contributed by atoms with Crippen LogP contribution in [0.3, 0.4) is 0 Å². The predicted octanol–water partition coefficient (Wildman–Crippen LogP) is 5.10. The number of hydrogen-bond donors (Lipinski definition) is 1. The third-order valence-corrected chi connectivity index (χ3v) is 2.90. The lowest BCUT2D eigenvalue weighted by atomic mass is 10.1. The summed E-state index contributed by atoms with van der Waals surface area (Å²) in [5.41, 5.74) is 0. The van der Waals surface area contributed by atoms with Crippen LogP contribution in [0.4, 0.5) is 0 Å². The molecule has 2 heteroatoms. The highest BCUT2D eigenvalue weighted by Gasteiger charge is 1.91. The van der Waals surface area contributed by atoms with Gasteiger partial charge < -0.3 is 5.11 Å². The van der Waals surface area contributed by atoms with Crippen LogP contribution in [0, 0.1) is 0 Å². The van der Waals surface area contributed by atoms with Crippen molar-refractivity contribution in [1.29, 1.82) is 0 Å². The van der Waals surface area contributed by atoms with Crippen LogP contribution in [0.5, 0.6) is 0 Å². The summed E-state index contributed by atoms with van der Waals surface area (Å²) in [7, 11) is 0. The fourth-order valence-corrected chi connectivity index (χ4v) is 1.88. The van der Waals surface area contributed by atoms with Gasteiger partial charge in [0.15, 0.2) is 0 Å². The van der Waals surface area contributed by atoms with Gasteiger partial charge in [0.2, 0.25) is 0 Å². The highest BCUT2D eigenvalue weighted by Crippen LogP contribution is 2.10. The molecule has 0 amide bonds. The van der Waals surface area contributed by atoms with Gasteiger partial charge in [0, 0.05) is 6.08 Å². The van der Waals surface area contributed by atoms with Gasteiger partial charge in [-0.1, -0.05) is 57.3 Å². The molecule has 0 aromatic carbocycles. The quantitative estimate of drug-likeness (QED) is 0.298. The molecular formula is C16H28O2. The molecule has 0 fully saturated rings. The fraction of sp³-hybridized carbons (Fsp3) is 0.688.